The number of thioether (sulfide) groups is 1. The van der Waals surface area contributed by atoms with Crippen LogP contribution in [0.25, 0.3) is 0 Å². The van der Waals surface area contributed by atoms with Crippen molar-refractivity contribution in [2.75, 3.05) is 12.3 Å². The highest BCUT2D eigenvalue weighted by Gasteiger charge is 2.09. The van der Waals surface area contributed by atoms with E-state index in [1.165, 1.54) is 6.07 Å². The average Bonchev–Trinajstić information content (AvgIpc) is 2.34. The van der Waals surface area contributed by atoms with Gasteiger partial charge < -0.3 is 10.6 Å². The smallest absolute Gasteiger partial charge is 0.239 e. The number of amides is 2. The van der Waals surface area contributed by atoms with Gasteiger partial charge in [-0.2, -0.15) is 0 Å². The van der Waals surface area contributed by atoms with Crippen LogP contribution in [-0.4, -0.2) is 30.2 Å². The standard InChI is InChI=1S/C13H16F2N2O2S/c1-8(2)17-12(18)6-16-13(19)7-20-11-4-3-9(14)5-10(11)15/h3-5,8H,6-7H2,1-2H3,(H,16,19)(H,17,18). The minimum Gasteiger partial charge on any atom is -0.352 e. The third-order valence-electron chi connectivity index (χ3n) is 2.15. The second-order valence-electron chi connectivity index (χ2n) is 4.36. The number of hydrogen-bond acceptors (Lipinski definition) is 3. The molecule has 0 radical (unpaired) electrons. The third-order valence-corrected chi connectivity index (χ3v) is 3.20. The topological polar surface area (TPSA) is 58.2 Å². The first-order chi connectivity index (χ1) is 9.38. The van der Waals surface area contributed by atoms with Gasteiger partial charge >= 0.3 is 0 Å². The van der Waals surface area contributed by atoms with Gasteiger partial charge in [0, 0.05) is 17.0 Å². The summed E-state index contributed by atoms with van der Waals surface area (Å²) in [7, 11) is 0. The fourth-order valence-electron chi connectivity index (χ4n) is 1.34. The van der Waals surface area contributed by atoms with E-state index in [9.17, 15) is 18.4 Å². The molecular formula is C13H16F2N2O2S. The van der Waals surface area contributed by atoms with Crippen LogP contribution in [0.15, 0.2) is 23.1 Å². The summed E-state index contributed by atoms with van der Waals surface area (Å²) in [5, 5.41) is 5.05. The van der Waals surface area contributed by atoms with Crippen molar-refractivity contribution >= 4 is 23.6 Å². The molecule has 7 heteroatoms. The monoisotopic (exact) mass is 302 g/mol. The van der Waals surface area contributed by atoms with E-state index >= 15 is 0 Å². The van der Waals surface area contributed by atoms with Gasteiger partial charge in [0.15, 0.2) is 0 Å². The molecule has 2 N–H and O–H groups in total. The molecule has 0 saturated carbocycles. The number of carbonyl (C=O) groups excluding carboxylic acids is 2. The van der Waals surface area contributed by atoms with Crippen molar-refractivity contribution in [3.8, 4) is 0 Å². The molecule has 1 aromatic rings. The van der Waals surface area contributed by atoms with Crippen LogP contribution in [-0.2, 0) is 9.59 Å². The molecule has 0 unspecified atom stereocenters. The fraction of sp³-hybridized carbons (Fsp3) is 0.385. The van der Waals surface area contributed by atoms with Crippen LogP contribution < -0.4 is 10.6 Å². The van der Waals surface area contributed by atoms with Crippen LogP contribution in [0.3, 0.4) is 0 Å². The van der Waals surface area contributed by atoms with Crippen LogP contribution in [0.2, 0.25) is 0 Å². The minimum atomic E-state index is -0.708. The molecule has 1 aromatic carbocycles. The minimum absolute atomic E-state index is 0.00193. The predicted octanol–water partition coefficient (Wildman–Crippen LogP) is 1.70. The van der Waals surface area contributed by atoms with Crippen molar-refractivity contribution in [2.24, 2.45) is 0 Å². The fourth-order valence-corrected chi connectivity index (χ4v) is 2.09. The summed E-state index contributed by atoms with van der Waals surface area (Å²) >= 11 is 0.944. The molecule has 0 fully saturated rings. The molecule has 0 aliphatic rings. The molecule has 0 atom stereocenters. The van der Waals surface area contributed by atoms with Crippen molar-refractivity contribution in [1.82, 2.24) is 10.6 Å². The number of hydrogen-bond donors (Lipinski definition) is 2. The Kier molecular flexibility index (Phi) is 6.44. The van der Waals surface area contributed by atoms with Crippen molar-refractivity contribution in [2.45, 2.75) is 24.8 Å². The number of nitrogens with one attached hydrogen (secondary N) is 2. The highest BCUT2D eigenvalue weighted by molar-refractivity contribution is 8.00. The van der Waals surface area contributed by atoms with Gasteiger partial charge in [-0.05, 0) is 26.0 Å². The molecule has 0 spiro atoms. The maximum atomic E-state index is 13.3. The zero-order valence-electron chi connectivity index (χ0n) is 11.2. The Hall–Kier alpha value is -1.63. The summed E-state index contributed by atoms with van der Waals surface area (Å²) in [6.07, 6.45) is 0. The van der Waals surface area contributed by atoms with Crippen molar-refractivity contribution in [1.29, 1.82) is 0 Å². The van der Waals surface area contributed by atoms with E-state index in [-0.39, 0.29) is 29.1 Å². The van der Waals surface area contributed by atoms with Gasteiger partial charge in [0.25, 0.3) is 0 Å². The number of halogens is 2. The summed E-state index contributed by atoms with van der Waals surface area (Å²) in [6, 6.07) is 3.16. The van der Waals surface area contributed by atoms with Gasteiger partial charge in [0.2, 0.25) is 11.8 Å². The number of carbonyl (C=O) groups is 2. The molecule has 0 bridgehead atoms. The molecule has 4 nitrogen and oxygen atoms in total. The maximum Gasteiger partial charge on any atom is 0.239 e. The Balaban J connectivity index is 2.34. The lowest BCUT2D eigenvalue weighted by atomic mass is 10.3. The van der Waals surface area contributed by atoms with Crippen LogP contribution in [0.1, 0.15) is 13.8 Å². The average molecular weight is 302 g/mol. The maximum absolute atomic E-state index is 13.3. The largest absolute Gasteiger partial charge is 0.352 e. The Morgan fingerprint density at radius 2 is 1.95 bits per heavy atom. The molecular weight excluding hydrogens is 286 g/mol. The molecule has 0 aliphatic carbocycles. The lowest BCUT2D eigenvalue weighted by molar-refractivity contribution is -0.125. The van der Waals surface area contributed by atoms with Gasteiger partial charge in [0.1, 0.15) is 11.6 Å². The number of rotatable bonds is 6. The zero-order chi connectivity index (χ0) is 15.1. The number of benzene rings is 1. The van der Waals surface area contributed by atoms with Crippen LogP contribution in [0, 0.1) is 11.6 Å². The normalized spacial score (nSPS) is 10.4. The van der Waals surface area contributed by atoms with Gasteiger partial charge in [-0.3, -0.25) is 9.59 Å². The van der Waals surface area contributed by atoms with Gasteiger partial charge in [0.05, 0.1) is 12.3 Å². The van der Waals surface area contributed by atoms with E-state index in [0.717, 1.165) is 23.9 Å². The van der Waals surface area contributed by atoms with E-state index in [1.807, 2.05) is 13.8 Å². The van der Waals surface area contributed by atoms with Crippen molar-refractivity contribution < 1.29 is 18.4 Å². The Labute approximate surface area is 120 Å². The summed E-state index contributed by atoms with van der Waals surface area (Å²) in [5.41, 5.74) is 0. The van der Waals surface area contributed by atoms with E-state index in [1.54, 1.807) is 0 Å². The summed E-state index contributed by atoms with van der Waals surface area (Å²) in [5.74, 6) is -2.09. The summed E-state index contributed by atoms with van der Waals surface area (Å²) in [4.78, 5) is 23.0. The van der Waals surface area contributed by atoms with E-state index in [4.69, 9.17) is 0 Å². The van der Waals surface area contributed by atoms with Gasteiger partial charge in [-0.25, -0.2) is 8.78 Å². The van der Waals surface area contributed by atoms with Crippen LogP contribution in [0.4, 0.5) is 8.78 Å². The van der Waals surface area contributed by atoms with Crippen molar-refractivity contribution in [3.63, 3.8) is 0 Å². The van der Waals surface area contributed by atoms with E-state index in [0.29, 0.717) is 0 Å². The van der Waals surface area contributed by atoms with E-state index in [2.05, 4.69) is 10.6 Å². The Bertz CT molecular complexity index is 495. The molecule has 0 aliphatic heterocycles. The molecule has 110 valence electrons. The molecule has 0 saturated heterocycles. The highest BCUT2D eigenvalue weighted by Crippen LogP contribution is 2.21. The quantitative estimate of drug-likeness (QED) is 0.786. The second-order valence-corrected chi connectivity index (χ2v) is 5.38. The first-order valence-electron chi connectivity index (χ1n) is 6.02. The predicted molar refractivity (Wildman–Crippen MR) is 73.4 cm³/mol. The Morgan fingerprint density at radius 1 is 1.25 bits per heavy atom. The zero-order valence-corrected chi connectivity index (χ0v) is 12.0. The SMILES string of the molecule is CC(C)NC(=O)CNC(=O)CSc1ccc(F)cc1F. The second kappa shape index (κ2) is 7.84. The molecule has 0 aromatic heterocycles. The summed E-state index contributed by atoms with van der Waals surface area (Å²) < 4.78 is 26.0. The lowest BCUT2D eigenvalue weighted by Crippen LogP contribution is -2.40. The molecule has 20 heavy (non-hydrogen) atoms. The van der Waals surface area contributed by atoms with Crippen LogP contribution in [0.5, 0.6) is 0 Å². The highest BCUT2D eigenvalue weighted by atomic mass is 32.2. The first kappa shape index (κ1) is 16.4. The van der Waals surface area contributed by atoms with Crippen molar-refractivity contribution in [3.05, 3.63) is 29.8 Å². The molecule has 2 amide bonds. The third kappa shape index (κ3) is 6.01. The van der Waals surface area contributed by atoms with Crippen LogP contribution >= 0.6 is 11.8 Å². The molecule has 1 rings (SSSR count). The van der Waals surface area contributed by atoms with Gasteiger partial charge in [-0.15, -0.1) is 11.8 Å². The summed E-state index contributed by atoms with van der Waals surface area (Å²) in [6.45, 7) is 3.50. The lowest BCUT2D eigenvalue weighted by Gasteiger charge is -2.09. The first-order valence-corrected chi connectivity index (χ1v) is 7.01. The van der Waals surface area contributed by atoms with Gasteiger partial charge in [-0.1, -0.05) is 0 Å². The Morgan fingerprint density at radius 3 is 2.55 bits per heavy atom. The molecule has 0 heterocycles. The van der Waals surface area contributed by atoms with E-state index < -0.39 is 17.5 Å².